The standard InChI is InChI=1S/C7H13N5/c8-3-1-6-2-4-12-7(5-6)9-10-11-12/h6H,1-5,8H2. The minimum Gasteiger partial charge on any atom is -0.330 e. The van der Waals surface area contributed by atoms with Gasteiger partial charge in [0.1, 0.15) is 0 Å². The van der Waals surface area contributed by atoms with Gasteiger partial charge in [-0.2, -0.15) is 0 Å². The molecule has 0 aromatic carbocycles. The second kappa shape index (κ2) is 3.18. The van der Waals surface area contributed by atoms with Crippen molar-refractivity contribution < 1.29 is 0 Å². The van der Waals surface area contributed by atoms with Crippen LogP contribution in [0, 0.1) is 5.92 Å². The molecular weight excluding hydrogens is 154 g/mol. The van der Waals surface area contributed by atoms with E-state index in [9.17, 15) is 0 Å². The molecule has 0 spiro atoms. The average Bonchev–Trinajstić information content (AvgIpc) is 2.51. The smallest absolute Gasteiger partial charge is 0.151 e. The average molecular weight is 167 g/mol. The highest BCUT2D eigenvalue weighted by atomic mass is 15.5. The fraction of sp³-hybridized carbons (Fsp3) is 0.857. The van der Waals surface area contributed by atoms with Crippen molar-refractivity contribution >= 4 is 0 Å². The molecule has 12 heavy (non-hydrogen) atoms. The first kappa shape index (κ1) is 7.67. The van der Waals surface area contributed by atoms with Crippen LogP contribution in [0.1, 0.15) is 18.7 Å². The molecule has 2 rings (SSSR count). The zero-order valence-electron chi connectivity index (χ0n) is 6.98. The van der Waals surface area contributed by atoms with E-state index in [1.807, 2.05) is 4.68 Å². The molecule has 2 heterocycles. The molecule has 1 atom stereocenters. The highest BCUT2D eigenvalue weighted by molar-refractivity contribution is 4.88. The summed E-state index contributed by atoms with van der Waals surface area (Å²) < 4.78 is 1.88. The number of nitrogens with zero attached hydrogens (tertiary/aromatic N) is 4. The number of rotatable bonds is 2. The van der Waals surface area contributed by atoms with Gasteiger partial charge < -0.3 is 5.73 Å². The fourth-order valence-electron chi connectivity index (χ4n) is 1.69. The lowest BCUT2D eigenvalue weighted by molar-refractivity contribution is 0.347. The molecule has 1 unspecified atom stereocenters. The van der Waals surface area contributed by atoms with Crippen LogP contribution >= 0.6 is 0 Å². The molecule has 1 aromatic rings. The molecule has 0 radical (unpaired) electrons. The number of hydrogen-bond acceptors (Lipinski definition) is 4. The molecule has 2 N–H and O–H groups in total. The van der Waals surface area contributed by atoms with Crippen molar-refractivity contribution in [3.8, 4) is 0 Å². The maximum Gasteiger partial charge on any atom is 0.151 e. The molecule has 0 saturated heterocycles. The summed E-state index contributed by atoms with van der Waals surface area (Å²) in [5.41, 5.74) is 5.50. The highest BCUT2D eigenvalue weighted by Gasteiger charge is 2.19. The molecule has 0 saturated carbocycles. The SMILES string of the molecule is NCCC1CCn2nnnc2C1. The van der Waals surface area contributed by atoms with Crippen molar-refractivity contribution in [3.05, 3.63) is 5.82 Å². The van der Waals surface area contributed by atoms with Crippen LogP contribution in [0.2, 0.25) is 0 Å². The summed E-state index contributed by atoms with van der Waals surface area (Å²) in [5, 5.41) is 11.5. The number of fused-ring (bicyclic) bond motifs is 1. The van der Waals surface area contributed by atoms with Crippen molar-refractivity contribution in [1.29, 1.82) is 0 Å². The van der Waals surface area contributed by atoms with E-state index in [-0.39, 0.29) is 0 Å². The van der Waals surface area contributed by atoms with Gasteiger partial charge >= 0.3 is 0 Å². The summed E-state index contributed by atoms with van der Waals surface area (Å²) in [6.45, 7) is 1.72. The van der Waals surface area contributed by atoms with Crippen molar-refractivity contribution in [3.63, 3.8) is 0 Å². The van der Waals surface area contributed by atoms with Crippen molar-refractivity contribution in [2.75, 3.05) is 6.54 Å². The minimum atomic E-state index is 0.688. The molecule has 66 valence electrons. The lowest BCUT2D eigenvalue weighted by Crippen LogP contribution is -2.22. The van der Waals surface area contributed by atoms with E-state index in [2.05, 4.69) is 15.5 Å². The molecule has 0 fully saturated rings. The Labute approximate surface area is 70.9 Å². The van der Waals surface area contributed by atoms with Gasteiger partial charge in [0.05, 0.1) is 0 Å². The van der Waals surface area contributed by atoms with Gasteiger partial charge in [-0.25, -0.2) is 4.68 Å². The van der Waals surface area contributed by atoms with E-state index in [0.29, 0.717) is 5.92 Å². The van der Waals surface area contributed by atoms with Gasteiger partial charge in [0.15, 0.2) is 5.82 Å². The van der Waals surface area contributed by atoms with Crippen molar-refractivity contribution in [2.24, 2.45) is 11.7 Å². The monoisotopic (exact) mass is 167 g/mol. The van der Waals surface area contributed by atoms with Crippen LogP contribution in [-0.2, 0) is 13.0 Å². The van der Waals surface area contributed by atoms with Crippen LogP contribution in [0.15, 0.2) is 0 Å². The van der Waals surface area contributed by atoms with Crippen LogP contribution in [-0.4, -0.2) is 26.8 Å². The summed E-state index contributed by atoms with van der Waals surface area (Å²) in [6, 6.07) is 0. The first-order chi connectivity index (χ1) is 5.90. The summed E-state index contributed by atoms with van der Waals surface area (Å²) in [6.07, 6.45) is 3.24. The topological polar surface area (TPSA) is 69.6 Å². The van der Waals surface area contributed by atoms with Crippen molar-refractivity contribution in [1.82, 2.24) is 20.2 Å². The van der Waals surface area contributed by atoms with E-state index in [1.54, 1.807) is 0 Å². The number of tetrazole rings is 1. The second-order valence-corrected chi connectivity index (χ2v) is 3.25. The maximum atomic E-state index is 5.50. The largest absolute Gasteiger partial charge is 0.330 e. The van der Waals surface area contributed by atoms with Gasteiger partial charge in [-0.15, -0.1) is 5.10 Å². The summed E-state index contributed by atoms with van der Waals surface area (Å²) >= 11 is 0. The Hall–Kier alpha value is -0.970. The normalized spacial score (nSPS) is 22.2. The van der Waals surface area contributed by atoms with E-state index in [0.717, 1.165) is 38.2 Å². The Morgan fingerprint density at radius 3 is 3.33 bits per heavy atom. The lowest BCUT2D eigenvalue weighted by atomic mass is 9.95. The quantitative estimate of drug-likeness (QED) is 0.649. The molecular formula is C7H13N5. The molecule has 1 aliphatic rings. The molecule has 5 heteroatoms. The van der Waals surface area contributed by atoms with Crippen molar-refractivity contribution in [2.45, 2.75) is 25.8 Å². The molecule has 0 bridgehead atoms. The van der Waals surface area contributed by atoms with Crippen LogP contribution < -0.4 is 5.73 Å². The Kier molecular flexibility index (Phi) is 2.03. The Bertz CT molecular complexity index is 256. The Balaban J connectivity index is 2.05. The number of aryl methyl sites for hydroxylation is 1. The van der Waals surface area contributed by atoms with Crippen LogP contribution in [0.3, 0.4) is 0 Å². The van der Waals surface area contributed by atoms with Gasteiger partial charge in [0, 0.05) is 13.0 Å². The zero-order chi connectivity index (χ0) is 8.39. The van der Waals surface area contributed by atoms with Crippen LogP contribution in [0.25, 0.3) is 0 Å². The van der Waals surface area contributed by atoms with Gasteiger partial charge in [-0.05, 0) is 35.7 Å². The Morgan fingerprint density at radius 1 is 1.58 bits per heavy atom. The minimum absolute atomic E-state index is 0.688. The van der Waals surface area contributed by atoms with Crippen LogP contribution in [0.4, 0.5) is 0 Å². The molecule has 0 aliphatic carbocycles. The maximum absolute atomic E-state index is 5.50. The Morgan fingerprint density at radius 2 is 2.50 bits per heavy atom. The first-order valence-corrected chi connectivity index (χ1v) is 4.35. The number of nitrogens with two attached hydrogens (primary N) is 1. The van der Waals surface area contributed by atoms with E-state index < -0.39 is 0 Å². The molecule has 1 aliphatic heterocycles. The lowest BCUT2D eigenvalue weighted by Gasteiger charge is -2.20. The summed E-state index contributed by atoms with van der Waals surface area (Å²) in [4.78, 5) is 0. The first-order valence-electron chi connectivity index (χ1n) is 4.35. The third-order valence-corrected chi connectivity index (χ3v) is 2.40. The second-order valence-electron chi connectivity index (χ2n) is 3.25. The molecule has 0 amide bonds. The van der Waals surface area contributed by atoms with Gasteiger partial charge in [0.25, 0.3) is 0 Å². The highest BCUT2D eigenvalue weighted by Crippen LogP contribution is 2.19. The molecule has 5 nitrogen and oxygen atoms in total. The van der Waals surface area contributed by atoms with E-state index in [4.69, 9.17) is 5.73 Å². The van der Waals surface area contributed by atoms with Gasteiger partial charge in [-0.1, -0.05) is 0 Å². The van der Waals surface area contributed by atoms with E-state index >= 15 is 0 Å². The summed E-state index contributed by atoms with van der Waals surface area (Å²) in [5.74, 6) is 1.70. The van der Waals surface area contributed by atoms with Gasteiger partial charge in [-0.3, -0.25) is 0 Å². The fourth-order valence-corrected chi connectivity index (χ4v) is 1.69. The predicted molar refractivity (Wildman–Crippen MR) is 43.3 cm³/mol. The van der Waals surface area contributed by atoms with Gasteiger partial charge in [0.2, 0.25) is 0 Å². The third-order valence-electron chi connectivity index (χ3n) is 2.40. The number of hydrogen-bond donors (Lipinski definition) is 1. The van der Waals surface area contributed by atoms with Crippen LogP contribution in [0.5, 0.6) is 0 Å². The summed E-state index contributed by atoms with van der Waals surface area (Å²) in [7, 11) is 0. The predicted octanol–water partition coefficient (Wildman–Crippen LogP) is -0.416. The van der Waals surface area contributed by atoms with E-state index in [1.165, 1.54) is 0 Å². The number of aromatic nitrogens is 4. The zero-order valence-corrected chi connectivity index (χ0v) is 6.98. The third kappa shape index (κ3) is 1.32. The molecule has 1 aromatic heterocycles.